The fraction of sp³-hybridized carbons (Fsp3) is 0.391. The third-order valence-electron chi connectivity index (χ3n) is 5.07. The zero-order valence-corrected chi connectivity index (χ0v) is 17.3. The predicted molar refractivity (Wildman–Crippen MR) is 116 cm³/mol. The molecule has 1 aliphatic heterocycles. The zero-order valence-electron chi connectivity index (χ0n) is 17.3. The number of carbonyl (C=O) groups is 2. The van der Waals surface area contributed by atoms with Gasteiger partial charge in [-0.2, -0.15) is 0 Å². The normalized spacial score (nSPS) is 14.4. The van der Waals surface area contributed by atoms with Crippen molar-refractivity contribution in [3.63, 3.8) is 0 Å². The van der Waals surface area contributed by atoms with Crippen LogP contribution in [-0.2, 0) is 4.79 Å². The first-order chi connectivity index (χ1) is 14.0. The van der Waals surface area contributed by atoms with Gasteiger partial charge in [0, 0.05) is 36.9 Å². The van der Waals surface area contributed by atoms with Gasteiger partial charge in [0.25, 0.3) is 5.91 Å². The lowest BCUT2D eigenvalue weighted by Crippen LogP contribution is -2.35. The van der Waals surface area contributed by atoms with Crippen LogP contribution in [0.3, 0.4) is 0 Å². The number of nitrogens with zero attached hydrogens (tertiary/aromatic N) is 1. The molecule has 0 bridgehead atoms. The molecule has 6 heteroatoms. The summed E-state index contributed by atoms with van der Waals surface area (Å²) in [6.07, 6.45) is 2.60. The molecule has 6 nitrogen and oxygen atoms in total. The Morgan fingerprint density at radius 1 is 1.14 bits per heavy atom. The van der Waals surface area contributed by atoms with Gasteiger partial charge in [-0.05, 0) is 57.0 Å². The van der Waals surface area contributed by atoms with Crippen molar-refractivity contribution < 1.29 is 14.3 Å². The van der Waals surface area contributed by atoms with E-state index in [9.17, 15) is 9.59 Å². The minimum atomic E-state index is -0.311. The highest BCUT2D eigenvalue weighted by Gasteiger charge is 2.17. The Morgan fingerprint density at radius 2 is 1.90 bits per heavy atom. The quantitative estimate of drug-likeness (QED) is 0.749. The van der Waals surface area contributed by atoms with Crippen LogP contribution in [0.2, 0.25) is 0 Å². The first-order valence-corrected chi connectivity index (χ1v) is 10.1. The van der Waals surface area contributed by atoms with E-state index < -0.39 is 0 Å². The molecule has 0 spiro atoms. The lowest BCUT2D eigenvalue weighted by atomic mass is 10.1. The van der Waals surface area contributed by atoms with Gasteiger partial charge < -0.3 is 20.3 Å². The molecule has 29 heavy (non-hydrogen) atoms. The van der Waals surface area contributed by atoms with Crippen molar-refractivity contribution >= 4 is 23.2 Å². The SMILES string of the molecule is COc1ccc(C)cc1C(=O)NC(C)CC(=O)Nc1cccc(N2CCCC2)c1. The summed E-state index contributed by atoms with van der Waals surface area (Å²) < 4.78 is 5.27. The highest BCUT2D eigenvalue weighted by molar-refractivity contribution is 5.98. The number of anilines is 2. The van der Waals surface area contributed by atoms with Crippen LogP contribution in [0, 0.1) is 6.92 Å². The van der Waals surface area contributed by atoms with Gasteiger partial charge in [-0.25, -0.2) is 0 Å². The molecular formula is C23H29N3O3. The van der Waals surface area contributed by atoms with Crippen LogP contribution in [-0.4, -0.2) is 38.1 Å². The minimum absolute atomic E-state index is 0.132. The van der Waals surface area contributed by atoms with Gasteiger partial charge in [-0.3, -0.25) is 9.59 Å². The summed E-state index contributed by atoms with van der Waals surface area (Å²) in [5, 5.41) is 5.82. The van der Waals surface area contributed by atoms with Crippen molar-refractivity contribution in [1.29, 1.82) is 0 Å². The molecule has 1 saturated heterocycles. The summed E-state index contributed by atoms with van der Waals surface area (Å²) in [4.78, 5) is 27.4. The van der Waals surface area contributed by atoms with E-state index in [4.69, 9.17) is 4.74 Å². The van der Waals surface area contributed by atoms with Gasteiger partial charge in [0.15, 0.2) is 0 Å². The van der Waals surface area contributed by atoms with Gasteiger partial charge in [-0.1, -0.05) is 17.7 Å². The molecule has 1 unspecified atom stereocenters. The van der Waals surface area contributed by atoms with Crippen LogP contribution < -0.4 is 20.3 Å². The van der Waals surface area contributed by atoms with Crippen molar-refractivity contribution in [3.8, 4) is 5.75 Å². The Kier molecular flexibility index (Phi) is 6.75. The van der Waals surface area contributed by atoms with Crippen molar-refractivity contribution in [1.82, 2.24) is 5.32 Å². The van der Waals surface area contributed by atoms with Crippen LogP contribution in [0.15, 0.2) is 42.5 Å². The molecule has 2 aromatic carbocycles. The van der Waals surface area contributed by atoms with Crippen molar-refractivity contribution in [2.24, 2.45) is 0 Å². The number of amides is 2. The number of aryl methyl sites for hydroxylation is 1. The summed E-state index contributed by atoms with van der Waals surface area (Å²) in [5.74, 6) is 0.137. The van der Waals surface area contributed by atoms with Gasteiger partial charge in [0.05, 0.1) is 12.7 Å². The molecule has 1 atom stereocenters. The number of nitrogens with one attached hydrogen (secondary N) is 2. The summed E-state index contributed by atoms with van der Waals surface area (Å²) in [5.41, 5.74) is 3.35. The van der Waals surface area contributed by atoms with Crippen LogP contribution in [0.5, 0.6) is 5.75 Å². The predicted octanol–water partition coefficient (Wildman–Crippen LogP) is 3.75. The highest BCUT2D eigenvalue weighted by atomic mass is 16.5. The number of benzene rings is 2. The molecule has 1 fully saturated rings. The standard InChI is InChI=1S/C23H29N3O3/c1-16-9-10-21(29-3)20(13-16)23(28)24-17(2)14-22(27)25-18-7-6-8-19(15-18)26-11-4-5-12-26/h6-10,13,15,17H,4-5,11-12,14H2,1-3H3,(H,24,28)(H,25,27). The van der Waals surface area contributed by atoms with E-state index in [0.717, 1.165) is 30.0 Å². The van der Waals surface area contributed by atoms with E-state index >= 15 is 0 Å². The number of methoxy groups -OCH3 is 1. The Morgan fingerprint density at radius 3 is 2.62 bits per heavy atom. The summed E-state index contributed by atoms with van der Waals surface area (Å²) in [7, 11) is 1.54. The maximum atomic E-state index is 12.6. The number of ether oxygens (including phenoxy) is 1. The van der Waals surface area contributed by atoms with Crippen LogP contribution in [0.1, 0.15) is 42.1 Å². The van der Waals surface area contributed by atoms with Gasteiger partial charge >= 0.3 is 0 Å². The molecule has 2 amide bonds. The molecule has 1 heterocycles. The highest BCUT2D eigenvalue weighted by Crippen LogP contribution is 2.23. The largest absolute Gasteiger partial charge is 0.496 e. The first-order valence-electron chi connectivity index (χ1n) is 10.1. The number of rotatable bonds is 7. The Balaban J connectivity index is 1.56. The Hall–Kier alpha value is -3.02. The van der Waals surface area contributed by atoms with E-state index in [1.807, 2.05) is 38.1 Å². The number of carbonyl (C=O) groups excluding carboxylic acids is 2. The second-order valence-electron chi connectivity index (χ2n) is 7.58. The molecule has 0 aromatic heterocycles. The molecular weight excluding hydrogens is 366 g/mol. The first kappa shape index (κ1) is 20.7. The second kappa shape index (κ2) is 9.45. The van der Waals surface area contributed by atoms with Gasteiger partial charge in [0.1, 0.15) is 5.75 Å². The summed E-state index contributed by atoms with van der Waals surface area (Å²) in [6, 6.07) is 13.1. The molecule has 1 aliphatic rings. The van der Waals surface area contributed by atoms with E-state index in [2.05, 4.69) is 21.6 Å². The Labute approximate surface area is 172 Å². The van der Waals surface area contributed by atoms with Crippen LogP contribution >= 0.6 is 0 Å². The molecule has 2 aromatic rings. The third kappa shape index (κ3) is 5.50. The number of hydrogen-bond donors (Lipinski definition) is 2. The van der Waals surface area contributed by atoms with Crippen molar-refractivity contribution in [2.45, 2.75) is 39.2 Å². The van der Waals surface area contributed by atoms with Crippen LogP contribution in [0.4, 0.5) is 11.4 Å². The summed E-state index contributed by atoms with van der Waals surface area (Å²) >= 11 is 0. The topological polar surface area (TPSA) is 70.7 Å². The molecule has 0 saturated carbocycles. The third-order valence-corrected chi connectivity index (χ3v) is 5.07. The van der Waals surface area contributed by atoms with Gasteiger partial charge in [-0.15, -0.1) is 0 Å². The molecule has 2 N–H and O–H groups in total. The van der Waals surface area contributed by atoms with Crippen molar-refractivity contribution in [3.05, 3.63) is 53.6 Å². The minimum Gasteiger partial charge on any atom is -0.496 e. The van der Waals surface area contributed by atoms with E-state index in [1.54, 1.807) is 12.1 Å². The maximum Gasteiger partial charge on any atom is 0.255 e. The van der Waals surface area contributed by atoms with Crippen molar-refractivity contribution in [2.75, 3.05) is 30.4 Å². The Bertz CT molecular complexity index is 875. The molecule has 0 aliphatic carbocycles. The average Bonchev–Trinajstić information content (AvgIpc) is 3.22. The zero-order chi connectivity index (χ0) is 20.8. The van der Waals surface area contributed by atoms with Gasteiger partial charge in [0.2, 0.25) is 5.91 Å². The molecule has 0 radical (unpaired) electrons. The molecule has 154 valence electrons. The lowest BCUT2D eigenvalue weighted by molar-refractivity contribution is -0.116. The summed E-state index contributed by atoms with van der Waals surface area (Å²) in [6.45, 7) is 5.86. The average molecular weight is 396 g/mol. The monoisotopic (exact) mass is 395 g/mol. The van der Waals surface area contributed by atoms with Crippen LogP contribution in [0.25, 0.3) is 0 Å². The fourth-order valence-corrected chi connectivity index (χ4v) is 3.60. The van der Waals surface area contributed by atoms with E-state index in [1.165, 1.54) is 20.0 Å². The molecule has 3 rings (SSSR count). The lowest BCUT2D eigenvalue weighted by Gasteiger charge is -2.19. The van der Waals surface area contributed by atoms with E-state index in [-0.39, 0.29) is 24.3 Å². The fourth-order valence-electron chi connectivity index (χ4n) is 3.60. The smallest absolute Gasteiger partial charge is 0.255 e. The second-order valence-corrected chi connectivity index (χ2v) is 7.58. The maximum absolute atomic E-state index is 12.6. The van der Waals surface area contributed by atoms with E-state index in [0.29, 0.717) is 11.3 Å². The number of hydrogen-bond acceptors (Lipinski definition) is 4.